The molecule has 2 aromatic carbocycles. The van der Waals surface area contributed by atoms with Crippen LogP contribution in [0, 0.1) is 0 Å². The third-order valence-electron chi connectivity index (χ3n) is 3.46. The van der Waals surface area contributed by atoms with Crippen LogP contribution in [0.5, 0.6) is 5.75 Å². The standard InChI is InChI=1S/C17H19NOS/c1-2-6-14(7-3-1)19-12-11-18-16-10-13-20-17-9-5-4-8-15(16)17/h1-9,16,18H,10-13H2. The first-order chi connectivity index (χ1) is 9.93. The van der Waals surface area contributed by atoms with Gasteiger partial charge in [0.1, 0.15) is 12.4 Å². The van der Waals surface area contributed by atoms with Gasteiger partial charge in [-0.25, -0.2) is 0 Å². The lowest BCUT2D eigenvalue weighted by Crippen LogP contribution is -2.28. The number of nitrogens with one attached hydrogen (secondary N) is 1. The van der Waals surface area contributed by atoms with E-state index in [0.29, 0.717) is 12.6 Å². The van der Waals surface area contributed by atoms with Gasteiger partial charge in [0.2, 0.25) is 0 Å². The molecular weight excluding hydrogens is 266 g/mol. The topological polar surface area (TPSA) is 21.3 Å². The zero-order valence-electron chi connectivity index (χ0n) is 11.4. The molecule has 0 saturated heterocycles. The number of thioether (sulfide) groups is 1. The Morgan fingerprint density at radius 1 is 1.05 bits per heavy atom. The van der Waals surface area contributed by atoms with Crippen molar-refractivity contribution in [1.29, 1.82) is 0 Å². The minimum Gasteiger partial charge on any atom is -0.492 e. The van der Waals surface area contributed by atoms with E-state index >= 15 is 0 Å². The van der Waals surface area contributed by atoms with E-state index < -0.39 is 0 Å². The van der Waals surface area contributed by atoms with Crippen LogP contribution >= 0.6 is 11.8 Å². The van der Waals surface area contributed by atoms with Crippen molar-refractivity contribution in [2.45, 2.75) is 17.4 Å². The maximum absolute atomic E-state index is 5.72. The molecule has 0 spiro atoms. The van der Waals surface area contributed by atoms with Crippen molar-refractivity contribution >= 4 is 11.8 Å². The van der Waals surface area contributed by atoms with Crippen LogP contribution in [0.3, 0.4) is 0 Å². The van der Waals surface area contributed by atoms with Gasteiger partial charge in [0.15, 0.2) is 0 Å². The van der Waals surface area contributed by atoms with Crippen LogP contribution in [-0.4, -0.2) is 18.9 Å². The summed E-state index contributed by atoms with van der Waals surface area (Å²) in [6.45, 7) is 1.58. The van der Waals surface area contributed by atoms with Crippen LogP contribution in [0.1, 0.15) is 18.0 Å². The molecule has 1 aliphatic rings. The molecule has 0 fully saturated rings. The molecule has 0 bridgehead atoms. The van der Waals surface area contributed by atoms with E-state index in [1.807, 2.05) is 42.1 Å². The summed E-state index contributed by atoms with van der Waals surface area (Å²) < 4.78 is 5.72. The number of ether oxygens (including phenoxy) is 1. The largest absolute Gasteiger partial charge is 0.492 e. The zero-order valence-corrected chi connectivity index (χ0v) is 12.2. The highest BCUT2D eigenvalue weighted by atomic mass is 32.2. The van der Waals surface area contributed by atoms with Crippen molar-refractivity contribution in [3.8, 4) is 5.75 Å². The van der Waals surface area contributed by atoms with Gasteiger partial charge < -0.3 is 10.1 Å². The highest BCUT2D eigenvalue weighted by Gasteiger charge is 2.19. The second-order valence-electron chi connectivity index (χ2n) is 4.84. The van der Waals surface area contributed by atoms with Crippen LogP contribution in [-0.2, 0) is 0 Å². The van der Waals surface area contributed by atoms with E-state index in [-0.39, 0.29) is 0 Å². The number of fused-ring (bicyclic) bond motifs is 1. The Balaban J connectivity index is 1.50. The van der Waals surface area contributed by atoms with Gasteiger partial charge in [0.05, 0.1) is 0 Å². The van der Waals surface area contributed by atoms with Crippen molar-refractivity contribution in [2.24, 2.45) is 0 Å². The van der Waals surface area contributed by atoms with E-state index in [9.17, 15) is 0 Å². The first kappa shape index (κ1) is 13.5. The molecule has 1 N–H and O–H groups in total. The van der Waals surface area contributed by atoms with Crippen LogP contribution < -0.4 is 10.1 Å². The molecule has 0 amide bonds. The van der Waals surface area contributed by atoms with Gasteiger partial charge in [-0.05, 0) is 35.9 Å². The molecule has 3 rings (SSSR count). The lowest BCUT2D eigenvalue weighted by atomic mass is 10.0. The molecular formula is C17H19NOS. The van der Waals surface area contributed by atoms with Crippen LogP contribution in [0.4, 0.5) is 0 Å². The summed E-state index contributed by atoms with van der Waals surface area (Å²) in [4.78, 5) is 1.42. The summed E-state index contributed by atoms with van der Waals surface area (Å²) in [6, 6.07) is 19.1. The Morgan fingerprint density at radius 2 is 1.85 bits per heavy atom. The SMILES string of the molecule is c1ccc(OCCNC2CCSc3ccccc32)cc1. The van der Waals surface area contributed by atoms with Gasteiger partial charge in [0.25, 0.3) is 0 Å². The summed E-state index contributed by atoms with van der Waals surface area (Å²) in [5, 5.41) is 3.61. The number of para-hydroxylation sites is 1. The van der Waals surface area contributed by atoms with Gasteiger partial charge in [-0.1, -0.05) is 36.4 Å². The van der Waals surface area contributed by atoms with Crippen molar-refractivity contribution in [2.75, 3.05) is 18.9 Å². The molecule has 2 nitrogen and oxygen atoms in total. The van der Waals surface area contributed by atoms with E-state index in [4.69, 9.17) is 4.74 Å². The molecule has 1 unspecified atom stereocenters. The van der Waals surface area contributed by atoms with E-state index in [1.54, 1.807) is 0 Å². The fraction of sp³-hybridized carbons (Fsp3) is 0.294. The monoisotopic (exact) mass is 285 g/mol. The molecule has 104 valence electrons. The van der Waals surface area contributed by atoms with Crippen LogP contribution in [0.15, 0.2) is 59.5 Å². The second kappa shape index (κ2) is 6.82. The molecule has 3 heteroatoms. The van der Waals surface area contributed by atoms with Gasteiger partial charge in [-0.15, -0.1) is 11.8 Å². The lowest BCUT2D eigenvalue weighted by molar-refractivity contribution is 0.304. The molecule has 0 radical (unpaired) electrons. The Hall–Kier alpha value is -1.45. The highest BCUT2D eigenvalue weighted by Crippen LogP contribution is 2.35. The minimum atomic E-state index is 0.465. The summed E-state index contributed by atoms with van der Waals surface area (Å²) in [5.41, 5.74) is 1.43. The Bertz CT molecular complexity index is 544. The normalized spacial score (nSPS) is 17.5. The maximum Gasteiger partial charge on any atom is 0.119 e. The van der Waals surface area contributed by atoms with Gasteiger partial charge >= 0.3 is 0 Å². The van der Waals surface area contributed by atoms with Crippen molar-refractivity contribution in [1.82, 2.24) is 5.32 Å². The van der Waals surface area contributed by atoms with Crippen LogP contribution in [0.2, 0.25) is 0 Å². The summed E-state index contributed by atoms with van der Waals surface area (Å²) in [7, 11) is 0. The van der Waals surface area contributed by atoms with Crippen molar-refractivity contribution in [3.63, 3.8) is 0 Å². The zero-order chi connectivity index (χ0) is 13.6. The quantitative estimate of drug-likeness (QED) is 0.842. The fourth-order valence-corrected chi connectivity index (χ4v) is 3.60. The molecule has 1 aliphatic heterocycles. The minimum absolute atomic E-state index is 0.465. The molecule has 0 aromatic heterocycles. The van der Waals surface area contributed by atoms with Gasteiger partial charge in [-0.2, -0.15) is 0 Å². The Kier molecular flexibility index (Phi) is 4.61. The van der Waals surface area contributed by atoms with E-state index in [2.05, 4.69) is 29.6 Å². The number of hydrogen-bond donors (Lipinski definition) is 1. The molecule has 20 heavy (non-hydrogen) atoms. The van der Waals surface area contributed by atoms with Crippen molar-refractivity contribution < 1.29 is 4.74 Å². The third kappa shape index (κ3) is 3.35. The second-order valence-corrected chi connectivity index (χ2v) is 5.98. The highest BCUT2D eigenvalue weighted by molar-refractivity contribution is 7.99. The van der Waals surface area contributed by atoms with Crippen LogP contribution in [0.25, 0.3) is 0 Å². The first-order valence-corrected chi connectivity index (χ1v) is 8.05. The smallest absolute Gasteiger partial charge is 0.119 e. The van der Waals surface area contributed by atoms with Crippen molar-refractivity contribution in [3.05, 3.63) is 60.2 Å². The summed E-state index contributed by atoms with van der Waals surface area (Å²) in [5.74, 6) is 2.13. The van der Waals surface area contributed by atoms with E-state index in [1.165, 1.54) is 22.6 Å². The molecule has 0 saturated carbocycles. The Labute approximate surface area is 124 Å². The number of hydrogen-bond acceptors (Lipinski definition) is 3. The maximum atomic E-state index is 5.72. The van der Waals surface area contributed by atoms with E-state index in [0.717, 1.165) is 12.3 Å². The molecule has 0 aliphatic carbocycles. The fourth-order valence-electron chi connectivity index (χ4n) is 2.47. The average molecular weight is 285 g/mol. The molecule has 2 aromatic rings. The molecule has 1 heterocycles. The molecule has 1 atom stereocenters. The third-order valence-corrected chi connectivity index (χ3v) is 4.59. The first-order valence-electron chi connectivity index (χ1n) is 7.06. The Morgan fingerprint density at radius 3 is 2.75 bits per heavy atom. The summed E-state index contributed by atoms with van der Waals surface area (Å²) >= 11 is 1.96. The lowest BCUT2D eigenvalue weighted by Gasteiger charge is -2.26. The predicted octanol–water partition coefficient (Wildman–Crippen LogP) is 3.89. The average Bonchev–Trinajstić information content (AvgIpc) is 2.53. The number of rotatable bonds is 5. The number of benzene rings is 2. The summed E-state index contributed by atoms with van der Waals surface area (Å²) in [6.07, 6.45) is 1.19. The van der Waals surface area contributed by atoms with Gasteiger partial charge in [-0.3, -0.25) is 0 Å². The predicted molar refractivity (Wildman–Crippen MR) is 84.5 cm³/mol. The van der Waals surface area contributed by atoms with Gasteiger partial charge in [0, 0.05) is 17.5 Å².